The van der Waals surface area contributed by atoms with Crippen molar-refractivity contribution in [2.45, 2.75) is 123 Å². The first-order valence-corrected chi connectivity index (χ1v) is 10.1. The summed E-state index contributed by atoms with van der Waals surface area (Å²) in [7, 11) is 0. The lowest BCUT2D eigenvalue weighted by atomic mass is 9.88. The zero-order chi connectivity index (χ0) is 18.6. The molecule has 0 aliphatic rings. The van der Waals surface area contributed by atoms with E-state index in [1.165, 1.54) is 64.2 Å². The molecule has 0 rings (SSSR count). The molecule has 0 fully saturated rings. The highest BCUT2D eigenvalue weighted by Gasteiger charge is 2.33. The van der Waals surface area contributed by atoms with Crippen LogP contribution >= 0.6 is 0 Å². The monoisotopic (exact) mass is 337 g/mol. The molecule has 24 heavy (non-hydrogen) atoms. The minimum absolute atomic E-state index is 0.0191. The molecule has 0 aliphatic heterocycles. The van der Waals surface area contributed by atoms with Gasteiger partial charge in [0.15, 0.2) is 5.78 Å². The summed E-state index contributed by atoms with van der Waals surface area (Å²) < 4.78 is 0. The Balaban J connectivity index is 3.85. The third kappa shape index (κ3) is 11.0. The van der Waals surface area contributed by atoms with Crippen molar-refractivity contribution in [3.8, 4) is 0 Å². The van der Waals surface area contributed by atoms with Crippen LogP contribution in [0, 0.1) is 0 Å². The van der Waals surface area contributed by atoms with Crippen molar-refractivity contribution < 1.29 is 4.79 Å². The number of carbonyl (C=O) groups excluding carboxylic acids is 1. The Hall–Kier alpha value is -0.630. The van der Waals surface area contributed by atoms with Crippen LogP contribution in [0.25, 0.3) is 0 Å². The number of unbranched alkanes of at least 4 members (excludes halogenated alkanes) is 9. The van der Waals surface area contributed by atoms with E-state index >= 15 is 0 Å². The van der Waals surface area contributed by atoms with Crippen LogP contribution in [-0.4, -0.2) is 16.9 Å². The molecule has 142 valence electrons. The quantitative estimate of drug-likeness (QED) is 0.270. The number of ketones is 1. The molecule has 0 amide bonds. The molecule has 2 nitrogen and oxygen atoms in total. The second-order valence-corrected chi connectivity index (χ2v) is 8.68. The fraction of sp³-hybridized carbons (Fsp3) is 0.864. The fourth-order valence-corrected chi connectivity index (χ4v) is 3.55. The predicted molar refractivity (Wildman–Crippen MR) is 108 cm³/mol. The maximum Gasteiger partial charge on any atom is 0.177 e. The summed E-state index contributed by atoms with van der Waals surface area (Å²) in [4.78, 5) is 12.2. The predicted octanol–water partition coefficient (Wildman–Crippen LogP) is 6.59. The van der Waals surface area contributed by atoms with E-state index in [0.717, 1.165) is 6.42 Å². The third-order valence-electron chi connectivity index (χ3n) is 4.76. The summed E-state index contributed by atoms with van der Waals surface area (Å²) in [6, 6.07) is 0. The Morgan fingerprint density at radius 1 is 0.833 bits per heavy atom. The van der Waals surface area contributed by atoms with Crippen LogP contribution in [0.4, 0.5) is 0 Å². The Morgan fingerprint density at radius 2 is 1.25 bits per heavy atom. The first-order chi connectivity index (χ1) is 11.1. The van der Waals surface area contributed by atoms with Crippen LogP contribution in [0.15, 0.2) is 12.2 Å². The molecule has 0 aromatic carbocycles. The lowest BCUT2D eigenvalue weighted by molar-refractivity contribution is -0.121. The normalized spacial score (nSPS) is 12.4. The maximum atomic E-state index is 12.2. The van der Waals surface area contributed by atoms with E-state index in [1.54, 1.807) is 6.92 Å². The highest BCUT2D eigenvalue weighted by atomic mass is 16.1. The van der Waals surface area contributed by atoms with Crippen LogP contribution in [0.5, 0.6) is 0 Å². The van der Waals surface area contributed by atoms with Gasteiger partial charge >= 0.3 is 0 Å². The molecule has 0 aromatic rings. The van der Waals surface area contributed by atoms with Gasteiger partial charge in [-0.05, 0) is 46.6 Å². The zero-order valence-corrected chi connectivity index (χ0v) is 17.4. The molecule has 0 atom stereocenters. The van der Waals surface area contributed by atoms with Gasteiger partial charge in [0.25, 0.3) is 0 Å². The average molecular weight is 338 g/mol. The average Bonchev–Trinajstić information content (AvgIpc) is 2.47. The van der Waals surface area contributed by atoms with Crippen molar-refractivity contribution in [2.24, 2.45) is 0 Å². The van der Waals surface area contributed by atoms with E-state index in [1.807, 2.05) is 13.8 Å². The standard InChI is InChI=1S/C22H43NO/c1-8-9-10-11-12-13-14-15-16-17-18-21(4,5)23-22(6,7)20(24)19(2)3/h23H,2,8-18H2,1,3-7H3. The Labute approximate surface area is 151 Å². The second-order valence-electron chi connectivity index (χ2n) is 8.68. The highest BCUT2D eigenvalue weighted by Crippen LogP contribution is 2.21. The van der Waals surface area contributed by atoms with Crippen LogP contribution in [0.1, 0.15) is 112 Å². The van der Waals surface area contributed by atoms with Crippen molar-refractivity contribution >= 4 is 5.78 Å². The summed E-state index contributed by atoms with van der Waals surface area (Å²) in [6.07, 6.45) is 14.7. The van der Waals surface area contributed by atoms with E-state index in [-0.39, 0.29) is 11.3 Å². The Bertz CT molecular complexity index is 368. The Kier molecular flexibility index (Phi) is 11.5. The molecular weight excluding hydrogens is 294 g/mol. The first-order valence-electron chi connectivity index (χ1n) is 10.1. The molecule has 2 heteroatoms. The molecule has 1 N–H and O–H groups in total. The number of hydrogen-bond donors (Lipinski definition) is 1. The summed E-state index contributed by atoms with van der Waals surface area (Å²) in [6.45, 7) is 16.2. The largest absolute Gasteiger partial charge is 0.300 e. The van der Waals surface area contributed by atoms with Gasteiger partial charge in [-0.15, -0.1) is 0 Å². The van der Waals surface area contributed by atoms with Gasteiger partial charge in [-0.2, -0.15) is 0 Å². The molecule has 0 heterocycles. The number of Topliss-reactive ketones (excluding diaryl/α,β-unsaturated/α-hetero) is 1. The number of nitrogens with one attached hydrogen (secondary N) is 1. The lowest BCUT2D eigenvalue weighted by Crippen LogP contribution is -2.56. The second kappa shape index (κ2) is 11.8. The van der Waals surface area contributed by atoms with E-state index in [0.29, 0.717) is 5.57 Å². The number of rotatable bonds is 15. The van der Waals surface area contributed by atoms with Crippen molar-refractivity contribution in [1.82, 2.24) is 5.32 Å². The molecule has 0 bridgehead atoms. The van der Waals surface area contributed by atoms with Gasteiger partial charge in [0.2, 0.25) is 0 Å². The number of carbonyl (C=O) groups is 1. The molecule has 0 aromatic heterocycles. The van der Waals surface area contributed by atoms with E-state index in [4.69, 9.17) is 0 Å². The molecule has 0 spiro atoms. The SMILES string of the molecule is C=C(C)C(=O)C(C)(C)NC(C)(C)CCCCCCCCCCCC. The molecule has 0 saturated carbocycles. The third-order valence-corrected chi connectivity index (χ3v) is 4.76. The minimum Gasteiger partial charge on any atom is -0.300 e. The molecular formula is C22H43NO. The smallest absolute Gasteiger partial charge is 0.177 e. The molecule has 0 saturated heterocycles. The van der Waals surface area contributed by atoms with Crippen molar-refractivity contribution in [3.05, 3.63) is 12.2 Å². The lowest BCUT2D eigenvalue weighted by Gasteiger charge is -2.36. The van der Waals surface area contributed by atoms with Gasteiger partial charge in [-0.1, -0.05) is 77.7 Å². The number of hydrogen-bond acceptors (Lipinski definition) is 2. The summed E-state index contributed by atoms with van der Waals surface area (Å²) >= 11 is 0. The summed E-state index contributed by atoms with van der Waals surface area (Å²) in [5, 5.41) is 3.53. The topological polar surface area (TPSA) is 29.1 Å². The zero-order valence-electron chi connectivity index (χ0n) is 17.4. The van der Waals surface area contributed by atoms with E-state index in [9.17, 15) is 4.79 Å². The van der Waals surface area contributed by atoms with Crippen LogP contribution in [0.2, 0.25) is 0 Å². The highest BCUT2D eigenvalue weighted by molar-refractivity contribution is 6.01. The van der Waals surface area contributed by atoms with Crippen LogP contribution in [-0.2, 0) is 4.79 Å². The van der Waals surface area contributed by atoms with E-state index < -0.39 is 5.54 Å². The summed E-state index contributed by atoms with van der Waals surface area (Å²) in [5.41, 5.74) is 0.0741. The van der Waals surface area contributed by atoms with Gasteiger partial charge in [0.1, 0.15) is 0 Å². The van der Waals surface area contributed by atoms with Gasteiger partial charge in [0, 0.05) is 5.54 Å². The van der Waals surface area contributed by atoms with Gasteiger partial charge in [-0.25, -0.2) is 0 Å². The molecule has 0 aliphatic carbocycles. The fourth-order valence-electron chi connectivity index (χ4n) is 3.55. The van der Waals surface area contributed by atoms with Crippen molar-refractivity contribution in [1.29, 1.82) is 0 Å². The maximum absolute atomic E-state index is 12.2. The summed E-state index contributed by atoms with van der Waals surface area (Å²) in [5.74, 6) is 0.110. The van der Waals surface area contributed by atoms with Crippen molar-refractivity contribution in [2.75, 3.05) is 0 Å². The van der Waals surface area contributed by atoms with Gasteiger partial charge in [-0.3, -0.25) is 4.79 Å². The Morgan fingerprint density at radius 3 is 1.67 bits per heavy atom. The van der Waals surface area contributed by atoms with Gasteiger partial charge < -0.3 is 5.32 Å². The molecule has 0 unspecified atom stereocenters. The molecule has 0 radical (unpaired) electrons. The van der Waals surface area contributed by atoms with Crippen molar-refractivity contribution in [3.63, 3.8) is 0 Å². The minimum atomic E-state index is -0.534. The van der Waals surface area contributed by atoms with Crippen LogP contribution < -0.4 is 5.32 Å². The van der Waals surface area contributed by atoms with Gasteiger partial charge in [0.05, 0.1) is 5.54 Å². The first kappa shape index (κ1) is 23.4. The van der Waals surface area contributed by atoms with E-state index in [2.05, 4.69) is 32.7 Å². The van der Waals surface area contributed by atoms with Crippen LogP contribution in [0.3, 0.4) is 0 Å².